The van der Waals surface area contributed by atoms with Crippen LogP contribution in [0.1, 0.15) is 47.0 Å². The van der Waals surface area contributed by atoms with Crippen molar-refractivity contribution in [1.29, 1.82) is 0 Å². The van der Waals surface area contributed by atoms with Crippen LogP contribution in [0.15, 0.2) is 53.6 Å². The fraction of sp³-hybridized carbons (Fsp3) is 0.476. The van der Waals surface area contributed by atoms with E-state index in [4.69, 9.17) is 0 Å². The SMILES string of the molecule is CC(C)=CCC[C@H](C)C1=CC(C)CC([Se]c2ccccc2)C1=O. The Morgan fingerprint density at radius 3 is 2.65 bits per heavy atom. The zero-order valence-electron chi connectivity index (χ0n) is 14.7. The summed E-state index contributed by atoms with van der Waals surface area (Å²) in [5.41, 5.74) is 2.45. The molecule has 0 amide bonds. The van der Waals surface area contributed by atoms with Gasteiger partial charge in [-0.2, -0.15) is 0 Å². The molecular formula is C21H28OSe. The summed E-state index contributed by atoms with van der Waals surface area (Å²) in [5.74, 6) is 1.30. The van der Waals surface area contributed by atoms with Crippen LogP contribution in [-0.4, -0.2) is 20.7 Å². The van der Waals surface area contributed by atoms with Crippen molar-refractivity contribution in [2.75, 3.05) is 0 Å². The third-order valence-electron chi connectivity index (χ3n) is 4.33. The summed E-state index contributed by atoms with van der Waals surface area (Å²) in [5, 5.41) is 0. The predicted molar refractivity (Wildman–Crippen MR) is 100 cm³/mol. The van der Waals surface area contributed by atoms with Crippen molar-refractivity contribution in [2.24, 2.45) is 11.8 Å². The van der Waals surface area contributed by atoms with Crippen LogP contribution >= 0.6 is 0 Å². The second kappa shape index (κ2) is 8.66. The van der Waals surface area contributed by atoms with E-state index < -0.39 is 0 Å². The Morgan fingerprint density at radius 2 is 2.00 bits per heavy atom. The van der Waals surface area contributed by atoms with Gasteiger partial charge in [0.25, 0.3) is 0 Å². The van der Waals surface area contributed by atoms with Crippen molar-refractivity contribution in [3.05, 3.63) is 53.6 Å². The molecule has 1 aromatic carbocycles. The van der Waals surface area contributed by atoms with E-state index in [1.54, 1.807) is 0 Å². The van der Waals surface area contributed by atoms with Gasteiger partial charge in [0.15, 0.2) is 0 Å². The number of ketones is 1. The summed E-state index contributed by atoms with van der Waals surface area (Å²) in [7, 11) is 0. The zero-order chi connectivity index (χ0) is 16.8. The summed E-state index contributed by atoms with van der Waals surface area (Å²) in [6.45, 7) is 8.74. The average Bonchev–Trinajstić information content (AvgIpc) is 2.51. The fourth-order valence-corrected chi connectivity index (χ4v) is 5.73. The van der Waals surface area contributed by atoms with Crippen LogP contribution in [0.5, 0.6) is 0 Å². The molecule has 0 saturated carbocycles. The first-order valence-electron chi connectivity index (χ1n) is 8.58. The molecule has 0 heterocycles. The first-order chi connectivity index (χ1) is 11.0. The van der Waals surface area contributed by atoms with Crippen molar-refractivity contribution >= 4 is 25.2 Å². The van der Waals surface area contributed by atoms with Crippen LogP contribution in [0.2, 0.25) is 4.82 Å². The van der Waals surface area contributed by atoms with Crippen LogP contribution < -0.4 is 4.46 Å². The normalized spacial score (nSPS) is 22.4. The Balaban J connectivity index is 2.05. The van der Waals surface area contributed by atoms with Crippen LogP contribution in [0, 0.1) is 11.8 Å². The summed E-state index contributed by atoms with van der Waals surface area (Å²) in [4.78, 5) is 13.2. The van der Waals surface area contributed by atoms with Gasteiger partial charge in [0.05, 0.1) is 0 Å². The van der Waals surface area contributed by atoms with Gasteiger partial charge < -0.3 is 0 Å². The Bertz CT molecular complexity index is 581. The van der Waals surface area contributed by atoms with Crippen LogP contribution in [0.3, 0.4) is 0 Å². The quantitative estimate of drug-likeness (QED) is 0.519. The number of Topliss-reactive ketones (excluding diaryl/α,β-unsaturated/α-hetero) is 1. The molecule has 3 atom stereocenters. The molecule has 0 spiro atoms. The first kappa shape index (κ1) is 18.2. The number of carbonyl (C=O) groups is 1. The van der Waals surface area contributed by atoms with Gasteiger partial charge >= 0.3 is 147 Å². The topological polar surface area (TPSA) is 17.1 Å². The van der Waals surface area contributed by atoms with Crippen molar-refractivity contribution < 1.29 is 4.79 Å². The third kappa shape index (κ3) is 5.48. The Labute approximate surface area is 147 Å². The molecule has 23 heavy (non-hydrogen) atoms. The standard InChI is InChI=1S/C21H28OSe/c1-15(2)9-8-10-17(4)19-13-16(3)14-20(21(19)22)23-18-11-6-5-7-12-18/h5-7,9,11-13,16-17,20H,8,10,14H2,1-4H3/t16?,17-,20?/m0/s1. The minimum absolute atomic E-state index is 0.214. The van der Waals surface area contributed by atoms with Crippen LogP contribution in [-0.2, 0) is 4.79 Å². The molecule has 1 aliphatic carbocycles. The maximum absolute atomic E-state index is 12.9. The van der Waals surface area contributed by atoms with E-state index in [2.05, 4.69) is 64.1 Å². The molecule has 1 nitrogen and oxygen atoms in total. The second-order valence-corrected chi connectivity index (χ2v) is 9.56. The molecule has 0 N–H and O–H groups in total. The van der Waals surface area contributed by atoms with Gasteiger partial charge in [0, 0.05) is 0 Å². The molecule has 0 radical (unpaired) electrons. The molecule has 2 unspecified atom stereocenters. The summed E-state index contributed by atoms with van der Waals surface area (Å²) >= 11 is 0.242. The van der Waals surface area contributed by atoms with Crippen molar-refractivity contribution in [3.63, 3.8) is 0 Å². The molecule has 2 heteroatoms. The Morgan fingerprint density at radius 1 is 1.30 bits per heavy atom. The number of carbonyl (C=O) groups excluding carboxylic acids is 1. The van der Waals surface area contributed by atoms with Crippen LogP contribution in [0.4, 0.5) is 0 Å². The number of benzene rings is 1. The van der Waals surface area contributed by atoms with E-state index in [0.717, 1.165) is 24.8 Å². The van der Waals surface area contributed by atoms with Gasteiger partial charge in [0.1, 0.15) is 0 Å². The molecule has 2 rings (SSSR count). The number of allylic oxidation sites excluding steroid dienone is 4. The van der Waals surface area contributed by atoms with Gasteiger partial charge in [0.2, 0.25) is 0 Å². The number of hydrogen-bond acceptors (Lipinski definition) is 1. The summed E-state index contributed by atoms with van der Waals surface area (Å²) in [6.07, 6.45) is 7.67. The zero-order valence-corrected chi connectivity index (χ0v) is 16.4. The van der Waals surface area contributed by atoms with E-state index in [1.807, 2.05) is 6.07 Å². The molecule has 0 fully saturated rings. The average molecular weight is 375 g/mol. The van der Waals surface area contributed by atoms with E-state index in [1.165, 1.54) is 10.0 Å². The van der Waals surface area contributed by atoms with E-state index in [-0.39, 0.29) is 19.8 Å². The first-order valence-corrected chi connectivity index (χ1v) is 10.4. The summed E-state index contributed by atoms with van der Waals surface area (Å²) < 4.78 is 1.34. The van der Waals surface area contributed by atoms with Crippen molar-refractivity contribution in [2.45, 2.75) is 51.8 Å². The van der Waals surface area contributed by atoms with Crippen molar-refractivity contribution in [3.8, 4) is 0 Å². The number of rotatable bonds is 6. The summed E-state index contributed by atoms with van der Waals surface area (Å²) in [6, 6.07) is 10.5. The van der Waals surface area contributed by atoms with Gasteiger partial charge in [-0.25, -0.2) is 0 Å². The fourth-order valence-electron chi connectivity index (χ4n) is 3.04. The Hall–Kier alpha value is -1.11. The molecule has 0 bridgehead atoms. The predicted octanol–water partition coefficient (Wildman–Crippen LogP) is 4.72. The molecule has 0 aromatic heterocycles. The van der Waals surface area contributed by atoms with Gasteiger partial charge in [-0.1, -0.05) is 0 Å². The monoisotopic (exact) mass is 376 g/mol. The second-order valence-electron chi connectivity index (χ2n) is 6.88. The number of hydrogen-bond donors (Lipinski definition) is 0. The van der Waals surface area contributed by atoms with Gasteiger partial charge in [-0.3, -0.25) is 0 Å². The maximum atomic E-state index is 12.9. The van der Waals surface area contributed by atoms with Gasteiger partial charge in [-0.05, 0) is 0 Å². The third-order valence-corrected chi connectivity index (χ3v) is 6.92. The van der Waals surface area contributed by atoms with Crippen molar-refractivity contribution in [1.82, 2.24) is 0 Å². The molecule has 1 aliphatic rings. The van der Waals surface area contributed by atoms with E-state index in [9.17, 15) is 4.79 Å². The van der Waals surface area contributed by atoms with E-state index >= 15 is 0 Å². The molecule has 1 aromatic rings. The van der Waals surface area contributed by atoms with Crippen LogP contribution in [0.25, 0.3) is 0 Å². The molecular weight excluding hydrogens is 347 g/mol. The van der Waals surface area contributed by atoms with E-state index in [0.29, 0.717) is 17.6 Å². The minimum atomic E-state index is 0.214. The molecule has 0 saturated heterocycles. The Kier molecular flexibility index (Phi) is 6.87. The molecule has 0 aliphatic heterocycles. The van der Waals surface area contributed by atoms with Gasteiger partial charge in [-0.15, -0.1) is 0 Å². The molecule has 124 valence electrons.